The van der Waals surface area contributed by atoms with Crippen LogP contribution in [-0.2, 0) is 4.79 Å². The van der Waals surface area contributed by atoms with Crippen LogP contribution in [0, 0.1) is 11.2 Å². The van der Waals surface area contributed by atoms with Gasteiger partial charge in [-0.25, -0.2) is 4.39 Å². The molecule has 7 heteroatoms. The second-order valence-electron chi connectivity index (χ2n) is 5.09. The summed E-state index contributed by atoms with van der Waals surface area (Å²) in [6.07, 6.45) is 0.349. The Morgan fingerprint density at radius 3 is 2.55 bits per heavy atom. The number of carbonyl (C=O) groups excluding carboxylic acids is 1. The van der Waals surface area contributed by atoms with Gasteiger partial charge in [-0.05, 0) is 25.5 Å². The number of aliphatic carboxylic acids is 1. The van der Waals surface area contributed by atoms with E-state index in [4.69, 9.17) is 28.3 Å². The van der Waals surface area contributed by atoms with Gasteiger partial charge in [-0.15, -0.1) is 0 Å². The quantitative estimate of drug-likeness (QED) is 0.852. The summed E-state index contributed by atoms with van der Waals surface area (Å²) in [5, 5.41) is 9.02. The molecule has 0 unspecified atom stereocenters. The van der Waals surface area contributed by atoms with Crippen molar-refractivity contribution in [3.8, 4) is 0 Å². The number of hydrogen-bond donors (Lipinski definition) is 1. The molecular formula is C13H12Cl2FNO3. The van der Waals surface area contributed by atoms with Gasteiger partial charge >= 0.3 is 5.97 Å². The first kappa shape index (κ1) is 15.1. The average Bonchev–Trinajstić information content (AvgIpc) is 2.77. The van der Waals surface area contributed by atoms with Gasteiger partial charge in [0.05, 0.1) is 21.0 Å². The van der Waals surface area contributed by atoms with Crippen LogP contribution in [0.2, 0.25) is 10.0 Å². The predicted octanol–water partition coefficient (Wildman–Crippen LogP) is 3.07. The number of nitrogens with zero attached hydrogens (tertiary/aromatic N) is 1. The van der Waals surface area contributed by atoms with E-state index in [2.05, 4.69) is 0 Å². The Kier molecular flexibility index (Phi) is 3.93. The summed E-state index contributed by atoms with van der Waals surface area (Å²) < 4.78 is 13.4. The molecule has 0 aromatic heterocycles. The lowest BCUT2D eigenvalue weighted by atomic mass is 9.90. The second-order valence-corrected chi connectivity index (χ2v) is 5.90. The first-order valence-corrected chi connectivity index (χ1v) is 6.67. The smallest absolute Gasteiger partial charge is 0.311 e. The molecular weight excluding hydrogens is 308 g/mol. The summed E-state index contributed by atoms with van der Waals surface area (Å²) in [4.78, 5) is 24.8. The van der Waals surface area contributed by atoms with E-state index in [1.807, 2.05) is 0 Å². The van der Waals surface area contributed by atoms with Crippen molar-refractivity contribution in [3.05, 3.63) is 33.6 Å². The van der Waals surface area contributed by atoms with E-state index in [1.165, 1.54) is 4.90 Å². The lowest BCUT2D eigenvalue weighted by molar-refractivity contribution is -0.147. The van der Waals surface area contributed by atoms with Crippen LogP contribution in [0.15, 0.2) is 12.1 Å². The number of carboxylic acid groups (broad SMARTS) is 1. The van der Waals surface area contributed by atoms with Crippen molar-refractivity contribution in [2.24, 2.45) is 5.41 Å². The largest absolute Gasteiger partial charge is 0.481 e. The van der Waals surface area contributed by atoms with Crippen LogP contribution in [0.3, 0.4) is 0 Å². The summed E-state index contributed by atoms with van der Waals surface area (Å²) >= 11 is 11.5. The molecule has 1 amide bonds. The number of hydrogen-bond acceptors (Lipinski definition) is 2. The van der Waals surface area contributed by atoms with Crippen LogP contribution in [0.5, 0.6) is 0 Å². The highest BCUT2D eigenvalue weighted by atomic mass is 35.5. The molecule has 0 radical (unpaired) electrons. The van der Waals surface area contributed by atoms with Crippen LogP contribution in [0.4, 0.5) is 4.39 Å². The van der Waals surface area contributed by atoms with Crippen molar-refractivity contribution in [1.82, 2.24) is 4.90 Å². The Bertz CT molecular complexity index is 593. The SMILES string of the molecule is C[C@]1(C(=O)O)CCN(C(=O)c2cc(F)c(Cl)cc2Cl)C1. The number of rotatable bonds is 2. The number of carbonyl (C=O) groups is 2. The molecule has 1 aliphatic rings. The summed E-state index contributed by atoms with van der Waals surface area (Å²) in [5.74, 6) is -2.18. The van der Waals surface area contributed by atoms with Crippen molar-refractivity contribution in [2.75, 3.05) is 13.1 Å². The Morgan fingerprint density at radius 2 is 2.00 bits per heavy atom. The van der Waals surface area contributed by atoms with E-state index >= 15 is 0 Å². The molecule has 1 aromatic carbocycles. The van der Waals surface area contributed by atoms with E-state index in [0.29, 0.717) is 13.0 Å². The van der Waals surface area contributed by atoms with Gasteiger partial charge in [-0.2, -0.15) is 0 Å². The van der Waals surface area contributed by atoms with Crippen molar-refractivity contribution in [3.63, 3.8) is 0 Å². The molecule has 0 bridgehead atoms. The van der Waals surface area contributed by atoms with E-state index in [9.17, 15) is 14.0 Å². The molecule has 4 nitrogen and oxygen atoms in total. The fourth-order valence-electron chi connectivity index (χ4n) is 2.17. The lowest BCUT2D eigenvalue weighted by Crippen LogP contribution is -2.35. The van der Waals surface area contributed by atoms with Gasteiger partial charge in [0, 0.05) is 13.1 Å². The highest BCUT2D eigenvalue weighted by Crippen LogP contribution is 2.32. The number of likely N-dealkylation sites (tertiary alicyclic amines) is 1. The minimum absolute atomic E-state index is 0.0109. The highest BCUT2D eigenvalue weighted by Gasteiger charge is 2.42. The Morgan fingerprint density at radius 1 is 1.35 bits per heavy atom. The molecule has 0 aliphatic carbocycles. The molecule has 1 aromatic rings. The van der Waals surface area contributed by atoms with Gasteiger partial charge in [0.25, 0.3) is 5.91 Å². The maximum absolute atomic E-state index is 13.4. The normalized spacial score (nSPS) is 22.1. The van der Waals surface area contributed by atoms with E-state index in [-0.39, 0.29) is 22.2 Å². The van der Waals surface area contributed by atoms with Crippen LogP contribution < -0.4 is 0 Å². The van der Waals surface area contributed by atoms with Crippen molar-refractivity contribution >= 4 is 35.1 Å². The molecule has 108 valence electrons. The summed E-state index contributed by atoms with van der Waals surface area (Å²) in [6.45, 7) is 1.94. The Labute approximate surface area is 125 Å². The second kappa shape index (κ2) is 5.22. The van der Waals surface area contributed by atoms with Crippen molar-refractivity contribution in [2.45, 2.75) is 13.3 Å². The minimum Gasteiger partial charge on any atom is -0.481 e. The number of benzene rings is 1. The summed E-state index contributed by atoms with van der Waals surface area (Å²) in [7, 11) is 0. The predicted molar refractivity (Wildman–Crippen MR) is 72.7 cm³/mol. The number of carboxylic acids is 1. The molecule has 0 spiro atoms. The molecule has 1 atom stereocenters. The number of amides is 1. The zero-order chi connectivity index (χ0) is 15.1. The fraction of sp³-hybridized carbons (Fsp3) is 0.385. The molecule has 2 rings (SSSR count). The maximum atomic E-state index is 13.4. The summed E-state index contributed by atoms with van der Waals surface area (Å²) in [6, 6.07) is 2.14. The highest BCUT2D eigenvalue weighted by molar-refractivity contribution is 6.36. The van der Waals surface area contributed by atoms with Gasteiger partial charge < -0.3 is 10.0 Å². The van der Waals surface area contributed by atoms with E-state index in [1.54, 1.807) is 6.92 Å². The molecule has 20 heavy (non-hydrogen) atoms. The van der Waals surface area contributed by atoms with Gasteiger partial charge in [-0.3, -0.25) is 9.59 Å². The molecule has 1 N–H and O–H groups in total. The third kappa shape index (κ3) is 2.60. The van der Waals surface area contributed by atoms with E-state index in [0.717, 1.165) is 12.1 Å². The van der Waals surface area contributed by atoms with Crippen LogP contribution in [0.1, 0.15) is 23.7 Å². The van der Waals surface area contributed by atoms with Crippen molar-refractivity contribution in [1.29, 1.82) is 0 Å². The van der Waals surface area contributed by atoms with Gasteiger partial charge in [0.2, 0.25) is 0 Å². The van der Waals surface area contributed by atoms with Gasteiger partial charge in [-0.1, -0.05) is 23.2 Å². The van der Waals surface area contributed by atoms with Crippen LogP contribution in [-0.4, -0.2) is 35.0 Å². The molecule has 1 fully saturated rings. The Balaban J connectivity index is 2.26. The monoisotopic (exact) mass is 319 g/mol. The average molecular weight is 320 g/mol. The third-order valence-corrected chi connectivity index (χ3v) is 4.12. The van der Waals surface area contributed by atoms with Gasteiger partial charge in [0.15, 0.2) is 0 Å². The molecule has 1 heterocycles. The minimum atomic E-state index is -0.979. The van der Waals surface area contributed by atoms with Crippen LogP contribution in [0.25, 0.3) is 0 Å². The molecule has 1 saturated heterocycles. The summed E-state index contributed by atoms with van der Waals surface area (Å²) in [5.41, 5.74) is -0.990. The van der Waals surface area contributed by atoms with Crippen LogP contribution >= 0.6 is 23.2 Å². The first-order valence-electron chi connectivity index (χ1n) is 5.92. The lowest BCUT2D eigenvalue weighted by Gasteiger charge is -2.20. The van der Waals surface area contributed by atoms with Crippen molar-refractivity contribution < 1.29 is 19.1 Å². The van der Waals surface area contributed by atoms with E-state index < -0.39 is 23.1 Å². The molecule has 0 saturated carbocycles. The molecule has 1 aliphatic heterocycles. The standard InChI is InChI=1S/C13H12Cl2FNO3/c1-13(12(19)20)2-3-17(6-13)11(18)7-4-10(16)9(15)5-8(7)14/h4-5H,2-3,6H2,1H3,(H,19,20)/t13-/m0/s1. The Hall–Kier alpha value is -1.33. The third-order valence-electron chi connectivity index (χ3n) is 3.52. The topological polar surface area (TPSA) is 57.6 Å². The zero-order valence-corrected chi connectivity index (χ0v) is 12.1. The fourth-order valence-corrected chi connectivity index (χ4v) is 2.63. The number of halogens is 3. The maximum Gasteiger partial charge on any atom is 0.311 e. The first-order chi connectivity index (χ1) is 9.24. The van der Waals surface area contributed by atoms with Gasteiger partial charge in [0.1, 0.15) is 5.82 Å². The zero-order valence-electron chi connectivity index (χ0n) is 10.6.